The van der Waals surface area contributed by atoms with Crippen molar-refractivity contribution >= 4 is 35.0 Å². The number of anilines is 1. The zero-order valence-electron chi connectivity index (χ0n) is 15.1. The van der Waals surface area contributed by atoms with Crippen LogP contribution in [0, 0.1) is 0 Å². The molecule has 0 atom stereocenters. The van der Waals surface area contributed by atoms with Crippen molar-refractivity contribution in [2.75, 3.05) is 18.5 Å². The highest BCUT2D eigenvalue weighted by Crippen LogP contribution is 2.22. The van der Waals surface area contributed by atoms with E-state index in [0.29, 0.717) is 36.3 Å². The second-order valence-corrected chi connectivity index (χ2v) is 6.37. The lowest BCUT2D eigenvalue weighted by atomic mass is 9.92. The van der Waals surface area contributed by atoms with E-state index in [1.807, 2.05) is 0 Å². The van der Waals surface area contributed by atoms with Crippen molar-refractivity contribution in [1.29, 1.82) is 0 Å². The zero-order chi connectivity index (χ0) is 19.4. The third kappa shape index (κ3) is 4.19. The number of benzene rings is 1. The summed E-state index contributed by atoms with van der Waals surface area (Å²) in [5, 5.41) is 2.74. The third-order valence-corrected chi connectivity index (χ3v) is 4.53. The number of rotatable bonds is 6. The van der Waals surface area contributed by atoms with Gasteiger partial charge in [0.25, 0.3) is 0 Å². The van der Waals surface area contributed by atoms with E-state index in [2.05, 4.69) is 5.32 Å². The number of nitrogens with zero attached hydrogens (tertiary/aromatic N) is 1. The van der Waals surface area contributed by atoms with Gasteiger partial charge in [-0.25, -0.2) is 9.59 Å². The number of Topliss-reactive ketones (excluding diaryl/α,β-unsaturated/α-hetero) is 1. The number of fused-ring (bicyclic) bond motifs is 1. The molecule has 0 radical (unpaired) electrons. The molecule has 2 aliphatic rings. The second-order valence-electron chi connectivity index (χ2n) is 6.37. The molecule has 1 fully saturated rings. The second kappa shape index (κ2) is 8.07. The Balaban J connectivity index is 1.57. The fourth-order valence-electron chi connectivity index (χ4n) is 3.21. The van der Waals surface area contributed by atoms with Crippen LogP contribution in [-0.4, -0.2) is 47.0 Å². The largest absolute Gasteiger partial charge is 0.462 e. The minimum absolute atomic E-state index is 0.00163. The Hall–Kier alpha value is -3.09. The van der Waals surface area contributed by atoms with Crippen molar-refractivity contribution in [2.45, 2.75) is 32.6 Å². The van der Waals surface area contributed by atoms with E-state index in [1.54, 1.807) is 31.2 Å². The molecule has 140 valence electrons. The number of carbonyl (C=O) groups is 4. The van der Waals surface area contributed by atoms with Crippen molar-refractivity contribution in [2.24, 2.45) is 0 Å². The first kappa shape index (κ1) is 18.7. The number of hydrogen-bond acceptors (Lipinski definition) is 5. The van der Waals surface area contributed by atoms with Gasteiger partial charge in [0.1, 0.15) is 0 Å². The van der Waals surface area contributed by atoms with Gasteiger partial charge in [-0.05, 0) is 37.6 Å². The lowest BCUT2D eigenvalue weighted by Gasteiger charge is -2.10. The molecule has 7 heteroatoms. The molecular weight excluding hydrogens is 348 g/mol. The van der Waals surface area contributed by atoms with Crippen molar-refractivity contribution in [3.8, 4) is 0 Å². The van der Waals surface area contributed by atoms with Gasteiger partial charge in [0.2, 0.25) is 5.91 Å². The summed E-state index contributed by atoms with van der Waals surface area (Å²) < 4.78 is 6.43. The average molecular weight is 369 g/mol. The average Bonchev–Trinajstić information content (AvgIpc) is 2.97. The van der Waals surface area contributed by atoms with E-state index in [0.717, 1.165) is 12.1 Å². The SMILES string of the molecule is CCOC(=O)c1ccc(NC(=O)CC[N+]2=C3CCCC(=O)C3=CC2=O)cc1. The van der Waals surface area contributed by atoms with Crippen LogP contribution in [0.2, 0.25) is 0 Å². The number of hydrogen-bond donors (Lipinski definition) is 1. The summed E-state index contributed by atoms with van der Waals surface area (Å²) in [6, 6.07) is 6.41. The van der Waals surface area contributed by atoms with Gasteiger partial charge in [-0.15, -0.1) is 0 Å². The maximum atomic E-state index is 12.2. The lowest BCUT2D eigenvalue weighted by Crippen LogP contribution is -2.29. The molecular formula is C20H21N2O5+. The number of carbonyl (C=O) groups excluding carboxylic acids is 4. The van der Waals surface area contributed by atoms with E-state index < -0.39 is 5.97 Å². The van der Waals surface area contributed by atoms with Gasteiger partial charge in [-0.1, -0.05) is 0 Å². The number of ether oxygens (including phenoxy) is 1. The van der Waals surface area contributed by atoms with Crippen LogP contribution in [0.4, 0.5) is 5.69 Å². The normalized spacial score (nSPS) is 16.1. The quantitative estimate of drug-likeness (QED) is 0.610. The highest BCUT2D eigenvalue weighted by Gasteiger charge is 2.38. The molecule has 1 aliphatic heterocycles. The Bertz CT molecular complexity index is 865. The van der Waals surface area contributed by atoms with E-state index in [4.69, 9.17) is 4.74 Å². The Morgan fingerprint density at radius 3 is 2.59 bits per heavy atom. The number of nitrogens with one attached hydrogen (secondary N) is 1. The van der Waals surface area contributed by atoms with Crippen LogP contribution in [0.5, 0.6) is 0 Å². The van der Waals surface area contributed by atoms with Crippen molar-refractivity contribution in [1.82, 2.24) is 0 Å². The first-order chi connectivity index (χ1) is 13.0. The molecule has 0 bridgehead atoms. The number of amides is 2. The summed E-state index contributed by atoms with van der Waals surface area (Å²) in [5.74, 6) is -0.895. The first-order valence-corrected chi connectivity index (χ1v) is 8.99. The Morgan fingerprint density at radius 2 is 1.89 bits per heavy atom. The minimum atomic E-state index is -0.412. The Kier molecular flexibility index (Phi) is 5.59. The minimum Gasteiger partial charge on any atom is -0.462 e. The molecule has 2 amide bonds. The molecule has 1 heterocycles. The highest BCUT2D eigenvalue weighted by atomic mass is 16.5. The fraction of sp³-hybridized carbons (Fsp3) is 0.350. The van der Waals surface area contributed by atoms with Crippen LogP contribution in [0.25, 0.3) is 0 Å². The van der Waals surface area contributed by atoms with Crippen molar-refractivity contribution < 1.29 is 28.5 Å². The molecule has 1 saturated carbocycles. The summed E-state index contributed by atoms with van der Waals surface area (Å²) in [7, 11) is 0. The molecule has 1 aromatic rings. The van der Waals surface area contributed by atoms with Crippen LogP contribution >= 0.6 is 0 Å². The lowest BCUT2D eigenvalue weighted by molar-refractivity contribution is -0.441. The van der Waals surface area contributed by atoms with Crippen LogP contribution in [0.1, 0.15) is 43.0 Å². The van der Waals surface area contributed by atoms with Crippen LogP contribution in [0.3, 0.4) is 0 Å². The Labute approximate surface area is 156 Å². The maximum Gasteiger partial charge on any atom is 0.413 e. The smallest absolute Gasteiger partial charge is 0.413 e. The fourth-order valence-corrected chi connectivity index (χ4v) is 3.21. The molecule has 1 aliphatic carbocycles. The van der Waals surface area contributed by atoms with Gasteiger partial charge in [-0.2, -0.15) is 4.58 Å². The molecule has 0 unspecified atom stereocenters. The van der Waals surface area contributed by atoms with Gasteiger partial charge in [-0.3, -0.25) is 9.59 Å². The van der Waals surface area contributed by atoms with E-state index in [1.165, 1.54) is 10.7 Å². The molecule has 0 spiro atoms. The summed E-state index contributed by atoms with van der Waals surface area (Å²) >= 11 is 0. The van der Waals surface area contributed by atoms with Crippen LogP contribution < -0.4 is 5.32 Å². The molecule has 0 saturated heterocycles. The monoisotopic (exact) mass is 369 g/mol. The molecule has 0 aromatic heterocycles. The summed E-state index contributed by atoms with van der Waals surface area (Å²) in [5.41, 5.74) is 2.21. The summed E-state index contributed by atoms with van der Waals surface area (Å²) in [6.07, 6.45) is 3.38. The van der Waals surface area contributed by atoms with Gasteiger partial charge in [0, 0.05) is 18.5 Å². The van der Waals surface area contributed by atoms with E-state index in [9.17, 15) is 19.2 Å². The predicted molar refractivity (Wildman–Crippen MR) is 97.7 cm³/mol. The predicted octanol–water partition coefficient (Wildman–Crippen LogP) is 1.86. The zero-order valence-corrected chi connectivity index (χ0v) is 15.1. The molecule has 1 aromatic carbocycles. The van der Waals surface area contributed by atoms with E-state index in [-0.39, 0.29) is 30.6 Å². The van der Waals surface area contributed by atoms with Crippen molar-refractivity contribution in [3.05, 3.63) is 41.5 Å². The molecule has 1 N–H and O–H groups in total. The van der Waals surface area contributed by atoms with Gasteiger partial charge in [0.15, 0.2) is 18.0 Å². The summed E-state index contributed by atoms with van der Waals surface area (Å²) in [4.78, 5) is 47.8. The topological polar surface area (TPSA) is 92.5 Å². The molecule has 27 heavy (non-hydrogen) atoms. The number of esters is 1. The first-order valence-electron chi connectivity index (χ1n) is 8.99. The van der Waals surface area contributed by atoms with Gasteiger partial charge < -0.3 is 10.1 Å². The van der Waals surface area contributed by atoms with Crippen LogP contribution in [0.15, 0.2) is 35.9 Å². The van der Waals surface area contributed by atoms with Gasteiger partial charge >= 0.3 is 11.9 Å². The summed E-state index contributed by atoms with van der Waals surface area (Å²) in [6.45, 7) is 2.26. The number of ketones is 1. The molecule has 3 rings (SSSR count). The maximum absolute atomic E-state index is 12.2. The number of allylic oxidation sites excluding steroid dienone is 1. The molecule has 7 nitrogen and oxygen atoms in total. The highest BCUT2D eigenvalue weighted by molar-refractivity contribution is 6.27. The van der Waals surface area contributed by atoms with Crippen LogP contribution in [-0.2, 0) is 19.1 Å². The van der Waals surface area contributed by atoms with Gasteiger partial charge in [0.05, 0.1) is 30.2 Å². The Morgan fingerprint density at radius 1 is 1.15 bits per heavy atom. The van der Waals surface area contributed by atoms with Crippen molar-refractivity contribution in [3.63, 3.8) is 0 Å². The third-order valence-electron chi connectivity index (χ3n) is 4.53. The van der Waals surface area contributed by atoms with E-state index >= 15 is 0 Å². The standard InChI is InChI=1S/C20H20N2O5/c1-2-27-20(26)13-6-8-14(9-7-13)21-18(24)10-11-22-16-4-3-5-17(23)15(16)12-19(22)25/h6-9,12H,2-5,10-11H2,1H3/p+1.